The first-order valence-electron chi connectivity index (χ1n) is 4.13. The first-order valence-corrected chi connectivity index (χ1v) is 4.54. The Morgan fingerprint density at radius 3 is 2.69 bits per heavy atom. The average Bonchev–Trinajstić information content (AvgIpc) is 2.10. The molecule has 0 fully saturated rings. The van der Waals surface area contributed by atoms with E-state index >= 15 is 0 Å². The van der Waals surface area contributed by atoms with Crippen LogP contribution in [0, 0.1) is 0 Å². The molecule has 0 aliphatic rings. The molecule has 0 saturated heterocycles. The van der Waals surface area contributed by atoms with Crippen LogP contribution >= 0.6 is 12.2 Å². The van der Waals surface area contributed by atoms with Gasteiger partial charge in [-0.05, 0) is 26.3 Å². The van der Waals surface area contributed by atoms with E-state index in [-0.39, 0.29) is 0 Å². The maximum absolute atomic E-state index is 5.31. The van der Waals surface area contributed by atoms with Gasteiger partial charge in [0.2, 0.25) is 0 Å². The van der Waals surface area contributed by atoms with Crippen molar-refractivity contribution >= 4 is 17.3 Å². The summed E-state index contributed by atoms with van der Waals surface area (Å²) in [4.78, 5) is 2.07. The molecule has 0 aliphatic carbocycles. The minimum absolute atomic E-state index is 0.441. The molecule has 0 rings (SSSR count). The van der Waals surface area contributed by atoms with E-state index in [9.17, 15) is 0 Å². The second kappa shape index (κ2) is 8.18. The van der Waals surface area contributed by atoms with Gasteiger partial charge in [0.1, 0.15) is 0 Å². The second-order valence-electron chi connectivity index (χ2n) is 2.82. The zero-order chi connectivity index (χ0) is 10.1. The summed E-state index contributed by atoms with van der Waals surface area (Å²) in [5.41, 5.74) is 2.33. The van der Waals surface area contributed by atoms with E-state index in [1.807, 2.05) is 14.1 Å². The molecule has 4 N–H and O–H groups in total. The Labute approximate surface area is 84.6 Å². The molecule has 0 bridgehead atoms. The van der Waals surface area contributed by atoms with Crippen LogP contribution in [0.3, 0.4) is 0 Å². The number of ether oxygens (including phenoxy) is 1. The highest BCUT2D eigenvalue weighted by Crippen LogP contribution is 1.77. The van der Waals surface area contributed by atoms with Crippen LogP contribution in [0.2, 0.25) is 0 Å². The number of nitrogens with two attached hydrogens (primary N) is 1. The van der Waals surface area contributed by atoms with Crippen molar-refractivity contribution in [1.29, 1.82) is 0 Å². The van der Waals surface area contributed by atoms with Crippen LogP contribution < -0.4 is 16.6 Å². The smallest absolute Gasteiger partial charge is 0.180 e. The first-order chi connectivity index (χ1) is 6.16. The minimum Gasteiger partial charge on any atom is -0.378 e. The highest BCUT2D eigenvalue weighted by molar-refractivity contribution is 7.80. The van der Waals surface area contributed by atoms with E-state index in [2.05, 4.69) is 15.6 Å². The summed E-state index contributed by atoms with van der Waals surface area (Å²) in [5, 5.41) is 3.32. The van der Waals surface area contributed by atoms with Crippen molar-refractivity contribution in [1.82, 2.24) is 15.6 Å². The summed E-state index contributed by atoms with van der Waals surface area (Å²) in [7, 11) is 4.02. The summed E-state index contributed by atoms with van der Waals surface area (Å²) >= 11 is 4.76. The minimum atomic E-state index is 0.441. The summed E-state index contributed by atoms with van der Waals surface area (Å²) in [6.45, 7) is 2.98. The van der Waals surface area contributed by atoms with E-state index in [1.54, 1.807) is 0 Å². The summed E-state index contributed by atoms with van der Waals surface area (Å²) in [6.07, 6.45) is 0. The van der Waals surface area contributed by atoms with Crippen LogP contribution in [0.4, 0.5) is 0 Å². The van der Waals surface area contributed by atoms with E-state index < -0.39 is 0 Å². The van der Waals surface area contributed by atoms with Gasteiger partial charge in [-0.15, -0.1) is 0 Å². The van der Waals surface area contributed by atoms with E-state index in [1.165, 1.54) is 0 Å². The maximum atomic E-state index is 5.31. The van der Waals surface area contributed by atoms with Crippen LogP contribution in [0.25, 0.3) is 0 Å². The van der Waals surface area contributed by atoms with Crippen molar-refractivity contribution in [2.45, 2.75) is 0 Å². The molecule has 0 aromatic heterocycles. The predicted molar refractivity (Wildman–Crippen MR) is 57.3 cm³/mol. The van der Waals surface area contributed by atoms with Crippen LogP contribution in [-0.2, 0) is 4.74 Å². The number of hydrogen-bond acceptors (Lipinski definition) is 4. The summed E-state index contributed by atoms with van der Waals surface area (Å²) in [6, 6.07) is 0. The van der Waals surface area contributed by atoms with Gasteiger partial charge in [0.25, 0.3) is 0 Å². The van der Waals surface area contributed by atoms with Gasteiger partial charge in [-0.25, -0.2) is 5.84 Å². The van der Waals surface area contributed by atoms with Crippen LogP contribution in [0.1, 0.15) is 0 Å². The Morgan fingerprint density at radius 2 is 2.15 bits per heavy atom. The maximum Gasteiger partial charge on any atom is 0.180 e. The van der Waals surface area contributed by atoms with Crippen LogP contribution in [0.15, 0.2) is 0 Å². The Balaban J connectivity index is 3.04. The number of hydrazine groups is 1. The average molecular weight is 206 g/mol. The number of nitrogens with one attached hydrogen (secondary N) is 2. The predicted octanol–water partition coefficient (Wildman–Crippen LogP) is -1.10. The number of hydrogen-bond donors (Lipinski definition) is 3. The third-order valence-electron chi connectivity index (χ3n) is 1.35. The Morgan fingerprint density at radius 1 is 1.46 bits per heavy atom. The zero-order valence-corrected chi connectivity index (χ0v) is 8.99. The third kappa shape index (κ3) is 9.48. The number of rotatable bonds is 6. The molecule has 0 aliphatic heterocycles. The molecule has 0 unspecified atom stereocenters. The van der Waals surface area contributed by atoms with Gasteiger partial charge < -0.3 is 20.4 Å². The molecule has 0 spiro atoms. The molecule has 0 aromatic carbocycles. The quantitative estimate of drug-likeness (QED) is 0.222. The normalized spacial score (nSPS) is 10.2. The summed E-state index contributed by atoms with van der Waals surface area (Å²) in [5.74, 6) is 5.05. The molecular weight excluding hydrogens is 188 g/mol. The standard InChI is InChI=1S/C7H18N4OS/c1-11(2)4-6-12-5-3-9-7(13)10-8/h3-6,8H2,1-2H3,(H2,9,10,13). The largest absolute Gasteiger partial charge is 0.378 e. The molecule has 0 atom stereocenters. The van der Waals surface area contributed by atoms with Gasteiger partial charge in [0, 0.05) is 13.1 Å². The van der Waals surface area contributed by atoms with Crippen molar-refractivity contribution in [3.8, 4) is 0 Å². The lowest BCUT2D eigenvalue weighted by Crippen LogP contribution is -2.41. The molecule has 0 aromatic rings. The van der Waals surface area contributed by atoms with Gasteiger partial charge in [-0.2, -0.15) is 0 Å². The van der Waals surface area contributed by atoms with Gasteiger partial charge in [0.15, 0.2) is 5.11 Å². The highest BCUT2D eigenvalue weighted by atomic mass is 32.1. The summed E-state index contributed by atoms with van der Waals surface area (Å²) < 4.78 is 5.31. The number of likely N-dealkylation sites (N-methyl/N-ethyl adjacent to an activating group) is 1. The molecule has 78 valence electrons. The van der Waals surface area contributed by atoms with Gasteiger partial charge in [0.05, 0.1) is 13.2 Å². The van der Waals surface area contributed by atoms with Crippen molar-refractivity contribution in [3.63, 3.8) is 0 Å². The topological polar surface area (TPSA) is 62.5 Å². The fraction of sp³-hybridized carbons (Fsp3) is 0.857. The third-order valence-corrected chi connectivity index (χ3v) is 1.61. The van der Waals surface area contributed by atoms with E-state index in [0.29, 0.717) is 18.3 Å². The molecular formula is C7H18N4OS. The number of nitrogens with zero attached hydrogens (tertiary/aromatic N) is 1. The lowest BCUT2D eigenvalue weighted by Gasteiger charge is -2.10. The molecule has 0 heterocycles. The Bertz CT molecular complexity index is 142. The lowest BCUT2D eigenvalue weighted by molar-refractivity contribution is 0.122. The molecule has 0 radical (unpaired) electrons. The Kier molecular flexibility index (Phi) is 7.91. The monoisotopic (exact) mass is 206 g/mol. The van der Waals surface area contributed by atoms with Crippen molar-refractivity contribution < 1.29 is 4.74 Å². The molecule has 13 heavy (non-hydrogen) atoms. The SMILES string of the molecule is CN(C)CCOCCNC(=S)NN. The molecule has 0 saturated carbocycles. The molecule has 5 nitrogen and oxygen atoms in total. The molecule has 6 heteroatoms. The lowest BCUT2D eigenvalue weighted by atomic mass is 10.6. The van der Waals surface area contributed by atoms with E-state index in [0.717, 1.165) is 13.2 Å². The van der Waals surface area contributed by atoms with Crippen molar-refractivity contribution in [2.75, 3.05) is 40.4 Å². The van der Waals surface area contributed by atoms with Crippen molar-refractivity contribution in [3.05, 3.63) is 0 Å². The zero-order valence-electron chi connectivity index (χ0n) is 8.17. The fourth-order valence-corrected chi connectivity index (χ4v) is 0.739. The number of thiocarbonyl (C=S) groups is 1. The van der Waals surface area contributed by atoms with Gasteiger partial charge >= 0.3 is 0 Å². The van der Waals surface area contributed by atoms with E-state index in [4.69, 9.17) is 22.8 Å². The van der Waals surface area contributed by atoms with Gasteiger partial charge in [-0.3, -0.25) is 0 Å². The first kappa shape index (κ1) is 12.6. The van der Waals surface area contributed by atoms with Gasteiger partial charge in [-0.1, -0.05) is 0 Å². The van der Waals surface area contributed by atoms with Crippen LogP contribution in [0.5, 0.6) is 0 Å². The fourth-order valence-electron chi connectivity index (χ4n) is 0.637. The van der Waals surface area contributed by atoms with Crippen molar-refractivity contribution in [2.24, 2.45) is 5.84 Å². The second-order valence-corrected chi connectivity index (χ2v) is 3.22. The molecule has 0 amide bonds. The Hall–Kier alpha value is -0.430. The highest BCUT2D eigenvalue weighted by Gasteiger charge is 1.92. The van der Waals surface area contributed by atoms with Crippen LogP contribution in [-0.4, -0.2) is 50.4 Å².